The second-order valence-corrected chi connectivity index (χ2v) is 2.02. The Hall–Kier alpha value is -1.06. The van der Waals surface area contributed by atoms with Gasteiger partial charge in [0.05, 0.1) is 0 Å². The fourth-order valence-electron chi connectivity index (χ4n) is 0.526. The Morgan fingerprint density at radius 2 is 1.91 bits per heavy atom. The van der Waals surface area contributed by atoms with Crippen LogP contribution < -0.4 is 0 Å². The first kappa shape index (κ1) is 9.94. The van der Waals surface area contributed by atoms with Gasteiger partial charge in [-0.1, -0.05) is 6.92 Å². The Labute approximate surface area is 65.5 Å². The number of carbonyl (C=O) groups is 2. The van der Waals surface area contributed by atoms with Gasteiger partial charge in [0.25, 0.3) is 0 Å². The van der Waals surface area contributed by atoms with E-state index >= 15 is 0 Å². The lowest BCUT2D eigenvalue weighted by atomic mass is 10.5. The third-order valence-electron chi connectivity index (χ3n) is 0.918. The van der Waals surface area contributed by atoms with Crippen LogP contribution in [0.1, 0.15) is 27.2 Å². The van der Waals surface area contributed by atoms with Crippen LogP contribution in [0.5, 0.6) is 0 Å². The van der Waals surface area contributed by atoms with E-state index in [4.69, 9.17) is 0 Å². The molecule has 4 heteroatoms. The van der Waals surface area contributed by atoms with Gasteiger partial charge in [-0.15, -0.1) is 0 Å². The second-order valence-electron chi connectivity index (χ2n) is 2.02. The van der Waals surface area contributed by atoms with Crippen molar-refractivity contribution in [2.45, 2.75) is 33.5 Å². The standard InChI is InChI=1S/C7H12O4/c1-4-7(9)11-6(3)10-5(2)8/h6H,4H2,1-3H3/t6-/m1/s1. The minimum atomic E-state index is -0.778. The van der Waals surface area contributed by atoms with Gasteiger partial charge < -0.3 is 9.47 Å². The highest BCUT2D eigenvalue weighted by Gasteiger charge is 2.08. The van der Waals surface area contributed by atoms with Crippen molar-refractivity contribution >= 4 is 11.9 Å². The minimum Gasteiger partial charge on any atom is -0.426 e. The van der Waals surface area contributed by atoms with Gasteiger partial charge in [0, 0.05) is 20.3 Å². The molecule has 0 heterocycles. The molecule has 0 aliphatic carbocycles. The van der Waals surface area contributed by atoms with Crippen molar-refractivity contribution in [1.29, 1.82) is 0 Å². The summed E-state index contributed by atoms with van der Waals surface area (Å²) in [7, 11) is 0. The molecule has 0 fully saturated rings. The maximum Gasteiger partial charge on any atom is 0.308 e. The average Bonchev–Trinajstić information content (AvgIpc) is 1.85. The molecule has 0 aromatic rings. The van der Waals surface area contributed by atoms with Crippen LogP contribution in [0.15, 0.2) is 0 Å². The average molecular weight is 160 g/mol. The first-order chi connectivity index (χ1) is 5.06. The molecule has 0 amide bonds. The summed E-state index contributed by atoms with van der Waals surface area (Å²) in [4.78, 5) is 20.9. The third kappa shape index (κ3) is 5.39. The highest BCUT2D eigenvalue weighted by Crippen LogP contribution is 1.96. The maximum absolute atomic E-state index is 10.6. The van der Waals surface area contributed by atoms with Crippen LogP contribution in [0.3, 0.4) is 0 Å². The molecule has 1 atom stereocenters. The van der Waals surface area contributed by atoms with Gasteiger partial charge in [0.1, 0.15) is 0 Å². The van der Waals surface area contributed by atoms with Crippen LogP contribution in [0, 0.1) is 0 Å². The fourth-order valence-corrected chi connectivity index (χ4v) is 0.526. The molecule has 0 rings (SSSR count). The summed E-state index contributed by atoms with van der Waals surface area (Å²) < 4.78 is 9.17. The Morgan fingerprint density at radius 1 is 1.36 bits per heavy atom. The first-order valence-electron chi connectivity index (χ1n) is 3.43. The highest BCUT2D eigenvalue weighted by atomic mass is 16.7. The molecule has 0 aromatic carbocycles. The molecule has 0 bridgehead atoms. The smallest absolute Gasteiger partial charge is 0.308 e. The molecule has 0 saturated heterocycles. The van der Waals surface area contributed by atoms with E-state index in [2.05, 4.69) is 9.47 Å². The van der Waals surface area contributed by atoms with E-state index in [1.807, 2.05) is 0 Å². The minimum absolute atomic E-state index is 0.283. The number of esters is 2. The summed E-state index contributed by atoms with van der Waals surface area (Å²) >= 11 is 0. The van der Waals surface area contributed by atoms with Crippen LogP contribution in [-0.2, 0) is 19.1 Å². The topological polar surface area (TPSA) is 52.6 Å². The number of hydrogen-bond donors (Lipinski definition) is 0. The molecular formula is C7H12O4. The van der Waals surface area contributed by atoms with Gasteiger partial charge >= 0.3 is 11.9 Å². The summed E-state index contributed by atoms with van der Waals surface area (Å²) in [6, 6.07) is 0. The molecule has 0 saturated carbocycles. The lowest BCUT2D eigenvalue weighted by molar-refractivity contribution is -0.182. The van der Waals surface area contributed by atoms with Crippen molar-refractivity contribution in [2.75, 3.05) is 0 Å². The van der Waals surface area contributed by atoms with E-state index in [0.717, 1.165) is 0 Å². The molecule has 0 aliphatic rings. The summed E-state index contributed by atoms with van der Waals surface area (Å²) in [5.41, 5.74) is 0. The monoisotopic (exact) mass is 160 g/mol. The molecule has 4 nitrogen and oxygen atoms in total. The van der Waals surface area contributed by atoms with Crippen LogP contribution >= 0.6 is 0 Å². The van der Waals surface area contributed by atoms with E-state index < -0.39 is 12.3 Å². The van der Waals surface area contributed by atoms with Crippen LogP contribution in [0.25, 0.3) is 0 Å². The molecule has 0 N–H and O–H groups in total. The van der Waals surface area contributed by atoms with E-state index in [0.29, 0.717) is 0 Å². The summed E-state index contributed by atoms with van der Waals surface area (Å²) in [5, 5.41) is 0. The Morgan fingerprint density at radius 3 is 2.27 bits per heavy atom. The zero-order valence-electron chi connectivity index (χ0n) is 6.92. The Kier molecular flexibility index (Phi) is 4.26. The predicted octanol–water partition coefficient (Wildman–Crippen LogP) is 0.849. The number of hydrogen-bond acceptors (Lipinski definition) is 4. The van der Waals surface area contributed by atoms with Crippen molar-refractivity contribution in [2.24, 2.45) is 0 Å². The zero-order chi connectivity index (χ0) is 8.85. The van der Waals surface area contributed by atoms with Crippen molar-refractivity contribution in [3.63, 3.8) is 0 Å². The predicted molar refractivity (Wildman–Crippen MR) is 37.6 cm³/mol. The summed E-state index contributed by atoms with van der Waals surface area (Å²) in [6.07, 6.45) is -0.494. The quantitative estimate of drug-likeness (QED) is 0.453. The molecule has 0 radical (unpaired) electrons. The van der Waals surface area contributed by atoms with Crippen molar-refractivity contribution in [1.82, 2.24) is 0 Å². The lowest BCUT2D eigenvalue weighted by Crippen LogP contribution is -2.19. The first-order valence-corrected chi connectivity index (χ1v) is 3.43. The largest absolute Gasteiger partial charge is 0.426 e. The SMILES string of the molecule is CCC(=O)O[C@H](C)OC(C)=O. The molecule has 0 spiro atoms. The number of ether oxygens (including phenoxy) is 2. The number of carbonyl (C=O) groups excluding carboxylic acids is 2. The molecular weight excluding hydrogens is 148 g/mol. The van der Waals surface area contributed by atoms with Crippen LogP contribution in [-0.4, -0.2) is 18.2 Å². The third-order valence-corrected chi connectivity index (χ3v) is 0.918. The highest BCUT2D eigenvalue weighted by molar-refractivity contribution is 5.69. The number of rotatable bonds is 3. The van der Waals surface area contributed by atoms with E-state index in [9.17, 15) is 9.59 Å². The fraction of sp³-hybridized carbons (Fsp3) is 0.714. The van der Waals surface area contributed by atoms with Crippen molar-refractivity contribution in [3.05, 3.63) is 0 Å². The van der Waals surface area contributed by atoms with Crippen molar-refractivity contribution in [3.8, 4) is 0 Å². The molecule has 0 aromatic heterocycles. The van der Waals surface area contributed by atoms with Crippen LogP contribution in [0.2, 0.25) is 0 Å². The molecule has 64 valence electrons. The van der Waals surface area contributed by atoms with Gasteiger partial charge in [-0.3, -0.25) is 9.59 Å². The van der Waals surface area contributed by atoms with Gasteiger partial charge in [0.15, 0.2) is 0 Å². The molecule has 11 heavy (non-hydrogen) atoms. The van der Waals surface area contributed by atoms with E-state index in [-0.39, 0.29) is 12.4 Å². The van der Waals surface area contributed by atoms with Crippen LogP contribution in [0.4, 0.5) is 0 Å². The zero-order valence-corrected chi connectivity index (χ0v) is 6.92. The Balaban J connectivity index is 3.60. The maximum atomic E-state index is 10.6. The van der Waals surface area contributed by atoms with E-state index in [1.54, 1.807) is 6.92 Å². The van der Waals surface area contributed by atoms with Gasteiger partial charge in [-0.2, -0.15) is 0 Å². The summed E-state index contributed by atoms with van der Waals surface area (Å²) in [5.74, 6) is -0.833. The normalized spacial score (nSPS) is 11.9. The van der Waals surface area contributed by atoms with Gasteiger partial charge in [0.2, 0.25) is 6.29 Å². The molecule has 0 unspecified atom stereocenters. The van der Waals surface area contributed by atoms with E-state index in [1.165, 1.54) is 13.8 Å². The van der Waals surface area contributed by atoms with Crippen molar-refractivity contribution < 1.29 is 19.1 Å². The molecule has 0 aliphatic heterocycles. The second kappa shape index (κ2) is 4.71. The van der Waals surface area contributed by atoms with Gasteiger partial charge in [-0.05, 0) is 0 Å². The van der Waals surface area contributed by atoms with Gasteiger partial charge in [-0.25, -0.2) is 0 Å². The lowest BCUT2D eigenvalue weighted by Gasteiger charge is -2.11. The summed E-state index contributed by atoms with van der Waals surface area (Å²) in [6.45, 7) is 4.42. The Bertz CT molecular complexity index is 153.